The minimum absolute atomic E-state index is 0.0161. The zero-order chi connectivity index (χ0) is 46.2. The molecule has 0 atom stereocenters. The highest BCUT2D eigenvalue weighted by Gasteiger charge is 2.21. The van der Waals surface area contributed by atoms with Gasteiger partial charge in [-0.1, -0.05) is 78.9 Å². The topological polar surface area (TPSA) is 238 Å². The van der Waals surface area contributed by atoms with Crippen LogP contribution in [0.5, 0.6) is 11.5 Å². The molecular weight excluding hydrogens is 849 g/mol. The zero-order valence-electron chi connectivity index (χ0n) is 36.1. The number of imidazole rings is 2. The smallest absolute Gasteiger partial charge is 0.266 e. The normalized spacial score (nSPS) is 11.3. The standard InChI is InChI=1S/C28H23N7O2.C21H17N7O2/c1-18-8-7-11-20-24(18)28(36)35(21-12-5-6-13-22(21)37-15-19-9-3-2-4-10-19)23(33-20)14-34-17-32-25-26(29)30-16-31-27(25)34;1-12-5-4-6-13-17(12)21(30)28(14-7-2-3-8-15(14)29)16(26-13)9-27-11-25-18-19(22)23-10-24-20(18)27/h2-13,16-17H,14-15H2,1H3,(H2,29,30,31);2-8,10-11,29H,9H2,1H3,(H2,22,23,24). The highest BCUT2D eigenvalue weighted by Crippen LogP contribution is 2.27. The van der Waals surface area contributed by atoms with E-state index in [2.05, 4.69) is 29.9 Å². The fourth-order valence-electron chi connectivity index (χ4n) is 8.08. The number of aryl methyl sites for hydroxylation is 2. The number of nitrogens with zero attached hydrogens (tertiary/aromatic N) is 12. The van der Waals surface area contributed by atoms with E-state index in [1.54, 1.807) is 50.6 Å². The van der Waals surface area contributed by atoms with E-state index in [4.69, 9.17) is 26.2 Å². The van der Waals surface area contributed by atoms with E-state index in [0.717, 1.165) is 16.7 Å². The lowest BCUT2D eigenvalue weighted by molar-refractivity contribution is 0.305. The first-order valence-electron chi connectivity index (χ1n) is 21.0. The van der Waals surface area contributed by atoms with Gasteiger partial charge in [0.05, 0.1) is 58.9 Å². The number of aromatic nitrogens is 12. The molecule has 11 rings (SSSR count). The maximum Gasteiger partial charge on any atom is 0.266 e. The molecule has 6 heterocycles. The molecule has 18 nitrogen and oxygen atoms in total. The monoisotopic (exact) mass is 888 g/mol. The average molecular weight is 889 g/mol. The van der Waals surface area contributed by atoms with E-state index < -0.39 is 0 Å². The number of phenols is 1. The van der Waals surface area contributed by atoms with Crippen molar-refractivity contribution in [1.82, 2.24) is 58.1 Å². The van der Waals surface area contributed by atoms with Crippen LogP contribution in [0.15, 0.2) is 150 Å². The van der Waals surface area contributed by atoms with Crippen molar-refractivity contribution in [2.24, 2.45) is 0 Å². The van der Waals surface area contributed by atoms with E-state index in [0.29, 0.717) is 85.3 Å². The minimum atomic E-state index is -0.256. The molecule has 0 radical (unpaired) electrons. The summed E-state index contributed by atoms with van der Waals surface area (Å²) in [5.41, 5.74) is 18.4. The van der Waals surface area contributed by atoms with Crippen molar-refractivity contribution in [3.8, 4) is 22.9 Å². The quantitative estimate of drug-likeness (QED) is 0.146. The number of hydrogen-bond acceptors (Lipinski definition) is 14. The van der Waals surface area contributed by atoms with Crippen LogP contribution < -0.4 is 27.3 Å². The van der Waals surface area contributed by atoms with Crippen molar-refractivity contribution in [3.05, 3.63) is 190 Å². The van der Waals surface area contributed by atoms with Crippen LogP contribution in [0.2, 0.25) is 0 Å². The molecule has 0 aliphatic rings. The van der Waals surface area contributed by atoms with E-state index in [9.17, 15) is 14.7 Å². The number of phenolic OH excluding ortho intramolecular Hbond substituents is 1. The van der Waals surface area contributed by atoms with Crippen molar-refractivity contribution in [2.45, 2.75) is 33.5 Å². The van der Waals surface area contributed by atoms with Gasteiger partial charge in [-0.05, 0) is 66.9 Å². The Bertz CT molecular complexity index is 3790. The van der Waals surface area contributed by atoms with Gasteiger partial charge in [-0.25, -0.2) is 39.9 Å². The molecule has 0 aliphatic heterocycles. The van der Waals surface area contributed by atoms with Gasteiger partial charge in [0.15, 0.2) is 22.9 Å². The number of ether oxygens (including phenoxy) is 1. The van der Waals surface area contributed by atoms with E-state index in [1.165, 1.54) is 23.3 Å². The number of rotatable bonds is 9. The summed E-state index contributed by atoms with van der Waals surface area (Å²) in [5, 5.41) is 11.5. The number of hydrogen-bond donors (Lipinski definition) is 3. The first-order chi connectivity index (χ1) is 32.6. The second-order valence-corrected chi connectivity index (χ2v) is 15.6. The van der Waals surface area contributed by atoms with Crippen molar-refractivity contribution in [3.63, 3.8) is 0 Å². The largest absolute Gasteiger partial charge is 0.506 e. The molecule has 0 spiro atoms. The minimum Gasteiger partial charge on any atom is -0.506 e. The third-order valence-electron chi connectivity index (χ3n) is 11.3. The third kappa shape index (κ3) is 7.77. The van der Waals surface area contributed by atoms with Gasteiger partial charge in [-0.15, -0.1) is 0 Å². The van der Waals surface area contributed by atoms with Crippen LogP contribution in [0.1, 0.15) is 28.3 Å². The van der Waals surface area contributed by atoms with Gasteiger partial charge in [0.2, 0.25) is 0 Å². The van der Waals surface area contributed by atoms with Gasteiger partial charge in [0.25, 0.3) is 11.1 Å². The Labute approximate surface area is 380 Å². The highest BCUT2D eigenvalue weighted by molar-refractivity contribution is 5.84. The lowest BCUT2D eigenvalue weighted by Crippen LogP contribution is -2.26. The number of fused-ring (bicyclic) bond motifs is 4. The summed E-state index contributed by atoms with van der Waals surface area (Å²) in [5.74, 6) is 2.07. The molecule has 0 aliphatic carbocycles. The molecule has 18 heteroatoms. The van der Waals surface area contributed by atoms with Gasteiger partial charge in [-0.2, -0.15) is 0 Å². The number of nitrogen functional groups attached to an aromatic ring is 2. The molecule has 11 aromatic rings. The summed E-state index contributed by atoms with van der Waals surface area (Å²) in [4.78, 5) is 62.5. The van der Waals surface area contributed by atoms with Crippen LogP contribution in [0.25, 0.3) is 55.5 Å². The first-order valence-corrected chi connectivity index (χ1v) is 21.0. The SMILES string of the molecule is Cc1cccc2nc(Cn3cnc4c(N)ncnc43)n(-c3ccccc3O)c(=O)c12.Cc1cccc2nc(Cn3cnc4c(N)ncnc43)n(-c3ccccc3OCc3ccccc3)c(=O)c12. The molecule has 5 N–H and O–H groups in total. The summed E-state index contributed by atoms with van der Waals surface area (Å²) in [6, 6.07) is 35.2. The van der Waals surface area contributed by atoms with Crippen molar-refractivity contribution < 1.29 is 9.84 Å². The Morgan fingerprint density at radius 1 is 0.552 bits per heavy atom. The fraction of sp³-hybridized carbons (Fsp3) is 0.102. The highest BCUT2D eigenvalue weighted by atomic mass is 16.5. The van der Waals surface area contributed by atoms with E-state index >= 15 is 0 Å². The molecule has 0 saturated carbocycles. The van der Waals surface area contributed by atoms with Crippen LogP contribution in [0.4, 0.5) is 11.6 Å². The molecule has 0 unspecified atom stereocenters. The molecular formula is C49H40N14O4. The molecule has 0 saturated heterocycles. The van der Waals surface area contributed by atoms with Gasteiger partial charge in [0.1, 0.15) is 53.4 Å². The van der Waals surface area contributed by atoms with Gasteiger partial charge < -0.3 is 30.4 Å². The molecule has 6 aromatic heterocycles. The number of nitrogens with two attached hydrogens (primary N) is 2. The first kappa shape index (κ1) is 41.7. The van der Waals surface area contributed by atoms with Crippen molar-refractivity contribution in [1.29, 1.82) is 0 Å². The molecule has 330 valence electrons. The van der Waals surface area contributed by atoms with Crippen LogP contribution in [0.3, 0.4) is 0 Å². The van der Waals surface area contributed by atoms with E-state index in [-0.39, 0.29) is 35.8 Å². The lowest BCUT2D eigenvalue weighted by Gasteiger charge is -2.18. The Balaban J connectivity index is 0.000000160. The summed E-state index contributed by atoms with van der Waals surface area (Å²) >= 11 is 0. The maximum absolute atomic E-state index is 14.0. The Morgan fingerprint density at radius 3 is 1.60 bits per heavy atom. The number of anilines is 2. The van der Waals surface area contributed by atoms with Gasteiger partial charge in [-0.3, -0.25) is 18.7 Å². The van der Waals surface area contributed by atoms with Crippen molar-refractivity contribution >= 4 is 55.8 Å². The van der Waals surface area contributed by atoms with Crippen molar-refractivity contribution in [2.75, 3.05) is 11.5 Å². The number of aromatic hydroxyl groups is 1. The fourth-order valence-corrected chi connectivity index (χ4v) is 8.08. The summed E-state index contributed by atoms with van der Waals surface area (Å²) < 4.78 is 12.8. The molecule has 0 amide bonds. The summed E-state index contributed by atoms with van der Waals surface area (Å²) in [6.07, 6.45) is 5.97. The third-order valence-corrected chi connectivity index (χ3v) is 11.3. The average Bonchev–Trinajstić information content (AvgIpc) is 3.95. The maximum atomic E-state index is 14.0. The lowest BCUT2D eigenvalue weighted by atomic mass is 10.1. The van der Waals surface area contributed by atoms with Crippen LogP contribution in [0, 0.1) is 13.8 Å². The van der Waals surface area contributed by atoms with Crippen LogP contribution in [-0.2, 0) is 19.7 Å². The molecule has 0 bridgehead atoms. The Hall–Kier alpha value is -9.32. The number of benzene rings is 5. The summed E-state index contributed by atoms with van der Waals surface area (Å²) in [7, 11) is 0. The van der Waals surface area contributed by atoms with Gasteiger partial charge in [0, 0.05) is 0 Å². The Morgan fingerprint density at radius 2 is 1.04 bits per heavy atom. The Kier molecular flexibility index (Phi) is 10.8. The number of para-hydroxylation sites is 4. The van der Waals surface area contributed by atoms with E-state index in [1.807, 2.05) is 98.8 Å². The van der Waals surface area contributed by atoms with Crippen LogP contribution >= 0.6 is 0 Å². The predicted molar refractivity (Wildman–Crippen MR) is 254 cm³/mol. The molecule has 67 heavy (non-hydrogen) atoms. The second kappa shape index (κ2) is 17.3. The molecule has 0 fully saturated rings. The molecule has 5 aromatic carbocycles. The van der Waals surface area contributed by atoms with Crippen LogP contribution in [-0.4, -0.2) is 63.2 Å². The predicted octanol–water partition coefficient (Wildman–Crippen LogP) is 6.21. The summed E-state index contributed by atoms with van der Waals surface area (Å²) in [6.45, 7) is 4.57. The van der Waals surface area contributed by atoms with Gasteiger partial charge >= 0.3 is 0 Å². The zero-order valence-corrected chi connectivity index (χ0v) is 36.1. The second-order valence-electron chi connectivity index (χ2n) is 15.6.